The van der Waals surface area contributed by atoms with E-state index in [0.29, 0.717) is 13.0 Å². The van der Waals surface area contributed by atoms with Gasteiger partial charge in [0.05, 0.1) is 4.88 Å². The van der Waals surface area contributed by atoms with E-state index >= 15 is 0 Å². The van der Waals surface area contributed by atoms with Gasteiger partial charge in [0.2, 0.25) is 5.91 Å². The van der Waals surface area contributed by atoms with E-state index in [-0.39, 0.29) is 17.7 Å². The molecule has 2 aromatic rings. The van der Waals surface area contributed by atoms with E-state index in [0.717, 1.165) is 46.0 Å². The number of hydrogen-bond donors (Lipinski definition) is 1. The van der Waals surface area contributed by atoms with Gasteiger partial charge in [-0.05, 0) is 30.4 Å². The van der Waals surface area contributed by atoms with Crippen LogP contribution in [0.2, 0.25) is 0 Å². The molecule has 4 rings (SSSR count). The molecule has 0 aromatic carbocycles. The number of carbonyl (C=O) groups excluding carboxylic acids is 2. The van der Waals surface area contributed by atoms with Gasteiger partial charge in [-0.15, -0.1) is 11.3 Å². The third-order valence-corrected chi connectivity index (χ3v) is 7.26. The average Bonchev–Trinajstić information content (AvgIpc) is 3.44. The van der Waals surface area contributed by atoms with Gasteiger partial charge in [-0.3, -0.25) is 9.59 Å². The molecule has 2 fully saturated rings. The van der Waals surface area contributed by atoms with Crippen molar-refractivity contribution in [2.24, 2.45) is 5.92 Å². The summed E-state index contributed by atoms with van der Waals surface area (Å²) in [7, 11) is 1.66. The number of nitrogens with one attached hydrogen (secondary N) is 1. The van der Waals surface area contributed by atoms with Crippen molar-refractivity contribution in [3.8, 4) is 0 Å². The first kappa shape index (κ1) is 18.4. The number of thiophene rings is 1. The molecule has 2 amide bonds. The maximum atomic E-state index is 12.7. The number of aromatic nitrogens is 1. The molecule has 5 nitrogen and oxygen atoms in total. The van der Waals surface area contributed by atoms with E-state index in [1.54, 1.807) is 13.2 Å². The standard InChI is InChI=1S/C21H27N3O2S/c1-22-20(26)19-18(16-7-4-11-23-21(16)27-19)15-10-12-24(13-15)17(25)9-8-14-5-2-3-6-14/h4,7,11,14-15H,2-3,5-6,8-10,12-13H2,1H3,(H,22,26)/t15-/m0/s1. The van der Waals surface area contributed by atoms with Gasteiger partial charge in [-0.25, -0.2) is 4.98 Å². The van der Waals surface area contributed by atoms with Crippen molar-refractivity contribution in [3.05, 3.63) is 28.8 Å². The Balaban J connectivity index is 1.49. The van der Waals surface area contributed by atoms with Crippen molar-refractivity contribution in [2.45, 2.75) is 50.9 Å². The van der Waals surface area contributed by atoms with E-state index in [1.165, 1.54) is 37.0 Å². The molecule has 0 spiro atoms. The Bertz CT molecular complexity index is 841. The van der Waals surface area contributed by atoms with Crippen molar-refractivity contribution in [3.63, 3.8) is 0 Å². The van der Waals surface area contributed by atoms with Crippen molar-refractivity contribution in [1.82, 2.24) is 15.2 Å². The molecule has 1 aliphatic heterocycles. The Morgan fingerprint density at radius 2 is 2.11 bits per heavy atom. The van der Waals surface area contributed by atoms with Crippen molar-refractivity contribution in [1.29, 1.82) is 0 Å². The minimum absolute atomic E-state index is 0.0565. The molecule has 1 atom stereocenters. The summed E-state index contributed by atoms with van der Waals surface area (Å²) in [4.78, 5) is 33.2. The number of likely N-dealkylation sites (tertiary alicyclic amines) is 1. The van der Waals surface area contributed by atoms with Crippen LogP contribution < -0.4 is 5.32 Å². The fourth-order valence-corrected chi connectivity index (χ4v) is 5.82. The summed E-state index contributed by atoms with van der Waals surface area (Å²) in [6.07, 6.45) is 9.63. The first-order chi connectivity index (χ1) is 13.2. The zero-order valence-corrected chi connectivity index (χ0v) is 16.7. The molecule has 1 aliphatic carbocycles. The van der Waals surface area contributed by atoms with Gasteiger partial charge in [0, 0.05) is 44.1 Å². The lowest BCUT2D eigenvalue weighted by atomic mass is 9.95. The highest BCUT2D eigenvalue weighted by Crippen LogP contribution is 2.39. The van der Waals surface area contributed by atoms with E-state index in [9.17, 15) is 9.59 Å². The lowest BCUT2D eigenvalue weighted by Crippen LogP contribution is -2.28. The maximum Gasteiger partial charge on any atom is 0.261 e. The molecule has 0 radical (unpaired) electrons. The Hall–Kier alpha value is -1.95. The van der Waals surface area contributed by atoms with Gasteiger partial charge in [0.15, 0.2) is 0 Å². The summed E-state index contributed by atoms with van der Waals surface area (Å²) in [5.41, 5.74) is 1.08. The molecular weight excluding hydrogens is 358 g/mol. The topological polar surface area (TPSA) is 62.3 Å². The quantitative estimate of drug-likeness (QED) is 0.848. The average molecular weight is 386 g/mol. The SMILES string of the molecule is CNC(=O)c1sc2ncccc2c1[C@H]1CCN(C(=O)CCC2CCCC2)C1. The van der Waals surface area contributed by atoms with Crippen LogP contribution in [-0.4, -0.2) is 41.8 Å². The van der Waals surface area contributed by atoms with E-state index in [2.05, 4.69) is 10.3 Å². The molecule has 27 heavy (non-hydrogen) atoms. The fourth-order valence-electron chi connectivity index (χ4n) is 4.65. The summed E-state index contributed by atoms with van der Waals surface area (Å²) < 4.78 is 0. The van der Waals surface area contributed by atoms with Crippen LogP contribution in [-0.2, 0) is 4.79 Å². The van der Waals surface area contributed by atoms with E-state index in [4.69, 9.17) is 0 Å². The number of hydrogen-bond acceptors (Lipinski definition) is 4. The van der Waals surface area contributed by atoms with E-state index < -0.39 is 0 Å². The Labute approximate surface area is 164 Å². The normalized spacial score (nSPS) is 20.5. The van der Waals surface area contributed by atoms with Crippen molar-refractivity contribution < 1.29 is 9.59 Å². The first-order valence-corrected chi connectivity index (χ1v) is 10.9. The molecule has 1 saturated heterocycles. The smallest absolute Gasteiger partial charge is 0.261 e. The van der Waals surface area contributed by atoms with Crippen LogP contribution in [0.15, 0.2) is 18.3 Å². The number of amides is 2. The van der Waals surface area contributed by atoms with Crippen LogP contribution in [0.5, 0.6) is 0 Å². The minimum Gasteiger partial charge on any atom is -0.354 e. The van der Waals surface area contributed by atoms with Gasteiger partial charge in [-0.2, -0.15) is 0 Å². The number of rotatable bonds is 5. The van der Waals surface area contributed by atoms with Crippen LogP contribution >= 0.6 is 11.3 Å². The van der Waals surface area contributed by atoms with Gasteiger partial charge in [0.25, 0.3) is 5.91 Å². The second-order valence-electron chi connectivity index (χ2n) is 7.79. The van der Waals surface area contributed by atoms with Crippen LogP contribution in [0.25, 0.3) is 10.2 Å². The highest BCUT2D eigenvalue weighted by atomic mass is 32.1. The highest BCUT2D eigenvalue weighted by Gasteiger charge is 2.32. The summed E-state index contributed by atoms with van der Waals surface area (Å²) in [5, 5.41) is 3.82. The monoisotopic (exact) mass is 385 g/mol. The molecule has 2 aliphatic rings. The molecule has 0 bridgehead atoms. The predicted molar refractivity (Wildman–Crippen MR) is 108 cm³/mol. The number of carbonyl (C=O) groups is 2. The fraction of sp³-hybridized carbons (Fsp3) is 0.571. The highest BCUT2D eigenvalue weighted by molar-refractivity contribution is 7.20. The molecule has 1 N–H and O–H groups in total. The molecule has 6 heteroatoms. The summed E-state index contributed by atoms with van der Waals surface area (Å²) >= 11 is 1.45. The van der Waals surface area contributed by atoms with Crippen molar-refractivity contribution >= 4 is 33.4 Å². The van der Waals surface area contributed by atoms with Crippen LogP contribution in [0, 0.1) is 5.92 Å². The van der Waals surface area contributed by atoms with Crippen LogP contribution in [0.1, 0.15) is 66.1 Å². The number of fused-ring (bicyclic) bond motifs is 1. The third-order valence-electron chi connectivity index (χ3n) is 6.13. The zero-order valence-electron chi connectivity index (χ0n) is 15.9. The molecule has 1 saturated carbocycles. The predicted octanol–water partition coefficient (Wildman–Crippen LogP) is 3.94. The lowest BCUT2D eigenvalue weighted by molar-refractivity contribution is -0.130. The first-order valence-electron chi connectivity index (χ1n) is 10.0. The van der Waals surface area contributed by atoms with Crippen LogP contribution in [0.3, 0.4) is 0 Å². The summed E-state index contributed by atoms with van der Waals surface area (Å²) in [5.74, 6) is 1.19. The second-order valence-corrected chi connectivity index (χ2v) is 8.79. The lowest BCUT2D eigenvalue weighted by Gasteiger charge is -2.18. The Kier molecular flexibility index (Phi) is 5.43. The molecule has 0 unspecified atom stereocenters. The van der Waals surface area contributed by atoms with Crippen LogP contribution in [0.4, 0.5) is 0 Å². The molecule has 3 heterocycles. The van der Waals surface area contributed by atoms with Gasteiger partial charge < -0.3 is 10.2 Å². The van der Waals surface area contributed by atoms with Gasteiger partial charge in [-0.1, -0.05) is 31.7 Å². The van der Waals surface area contributed by atoms with Gasteiger partial charge >= 0.3 is 0 Å². The molecular formula is C21H27N3O2S. The van der Waals surface area contributed by atoms with E-state index in [1.807, 2.05) is 17.0 Å². The zero-order chi connectivity index (χ0) is 18.8. The second kappa shape index (κ2) is 7.97. The Morgan fingerprint density at radius 1 is 1.30 bits per heavy atom. The molecule has 2 aromatic heterocycles. The summed E-state index contributed by atoms with van der Waals surface area (Å²) in [6, 6.07) is 3.97. The minimum atomic E-state index is -0.0565. The Morgan fingerprint density at radius 3 is 2.89 bits per heavy atom. The number of nitrogens with zero attached hydrogens (tertiary/aromatic N) is 2. The van der Waals surface area contributed by atoms with Gasteiger partial charge in [0.1, 0.15) is 4.83 Å². The number of pyridine rings is 1. The summed E-state index contributed by atoms with van der Waals surface area (Å²) in [6.45, 7) is 1.51. The largest absolute Gasteiger partial charge is 0.354 e. The third kappa shape index (κ3) is 3.72. The van der Waals surface area contributed by atoms with Crippen molar-refractivity contribution in [2.75, 3.05) is 20.1 Å². The maximum absolute atomic E-state index is 12.7. The molecule has 144 valence electrons.